The summed E-state index contributed by atoms with van der Waals surface area (Å²) in [6.07, 6.45) is 7.57. The first-order valence-electron chi connectivity index (χ1n) is 11.8. The Labute approximate surface area is 197 Å². The van der Waals surface area contributed by atoms with Crippen LogP contribution in [-0.4, -0.2) is 37.4 Å². The zero-order chi connectivity index (χ0) is 24.4. The number of carbonyl (C=O) groups is 2. The number of fused-ring (bicyclic) bond motifs is 2. The highest BCUT2D eigenvalue weighted by molar-refractivity contribution is 5.81. The number of benzene rings is 1. The van der Waals surface area contributed by atoms with Crippen molar-refractivity contribution in [1.29, 1.82) is 0 Å². The number of rotatable bonds is 10. The second-order valence-corrected chi connectivity index (χ2v) is 9.00. The lowest BCUT2D eigenvalue weighted by atomic mass is 9.58. The lowest BCUT2D eigenvalue weighted by Crippen LogP contribution is -2.38. The predicted octanol–water partition coefficient (Wildman–Crippen LogP) is 5.43. The fourth-order valence-corrected chi connectivity index (χ4v) is 4.22. The Hall–Kier alpha value is -2.76. The summed E-state index contributed by atoms with van der Waals surface area (Å²) in [4.78, 5) is 22.3. The van der Waals surface area contributed by atoms with E-state index in [1.54, 1.807) is 32.4 Å². The summed E-state index contributed by atoms with van der Waals surface area (Å²) in [6.45, 7) is 14.9. The van der Waals surface area contributed by atoms with Gasteiger partial charge in [-0.25, -0.2) is 9.59 Å². The number of esters is 2. The van der Waals surface area contributed by atoms with E-state index in [1.807, 2.05) is 13.0 Å². The molecule has 3 fully saturated rings. The third kappa shape index (κ3) is 8.60. The Morgan fingerprint density at radius 1 is 1.00 bits per heavy atom. The standard InChI is InChI=1S/C19H24O6.C8H14/c1-6-18(20)24-14(4)11-22-16-9-8-13(3)17(10-16)23-12-15(5)25-19(21)7-2;1-6-7-3-2-4-8(6)5-7/h6-10,14-15H,1-2,11-12H2,3-5H3;6-8H,2-5H2,1H3. The van der Waals surface area contributed by atoms with E-state index < -0.39 is 24.1 Å². The minimum atomic E-state index is -0.493. The highest BCUT2D eigenvalue weighted by atomic mass is 16.6. The maximum atomic E-state index is 11.1. The molecule has 33 heavy (non-hydrogen) atoms. The molecule has 4 rings (SSSR count). The molecule has 4 atom stereocenters. The number of carbonyl (C=O) groups excluding carboxylic acids is 2. The summed E-state index contributed by atoms with van der Waals surface area (Å²) >= 11 is 0. The molecule has 6 nitrogen and oxygen atoms in total. The topological polar surface area (TPSA) is 71.1 Å². The summed E-state index contributed by atoms with van der Waals surface area (Å²) in [6, 6.07) is 5.39. The highest BCUT2D eigenvalue weighted by Crippen LogP contribution is 2.50. The van der Waals surface area contributed by atoms with Crippen molar-refractivity contribution in [3.8, 4) is 11.5 Å². The molecular formula is C27H38O6. The molecule has 3 aliphatic rings. The molecular weight excluding hydrogens is 420 g/mol. The van der Waals surface area contributed by atoms with E-state index in [1.165, 1.54) is 19.3 Å². The summed E-state index contributed by atoms with van der Waals surface area (Å²) in [7, 11) is 0. The lowest BCUT2D eigenvalue weighted by molar-refractivity contribution is -0.144. The second-order valence-electron chi connectivity index (χ2n) is 9.00. The molecule has 182 valence electrons. The third-order valence-corrected chi connectivity index (χ3v) is 6.33. The van der Waals surface area contributed by atoms with Crippen molar-refractivity contribution in [3.63, 3.8) is 0 Å². The quantitative estimate of drug-likeness (QED) is 0.344. The van der Waals surface area contributed by atoms with E-state index in [0.29, 0.717) is 11.5 Å². The maximum Gasteiger partial charge on any atom is 0.330 e. The van der Waals surface area contributed by atoms with Crippen molar-refractivity contribution >= 4 is 11.9 Å². The first-order chi connectivity index (χ1) is 15.7. The Bertz CT molecular complexity index is 803. The van der Waals surface area contributed by atoms with Crippen molar-refractivity contribution in [2.75, 3.05) is 13.2 Å². The number of hydrogen-bond donors (Lipinski definition) is 0. The smallest absolute Gasteiger partial charge is 0.330 e. The number of aryl methyl sites for hydroxylation is 1. The molecule has 3 saturated carbocycles. The van der Waals surface area contributed by atoms with Crippen molar-refractivity contribution in [1.82, 2.24) is 0 Å². The number of ether oxygens (including phenoxy) is 4. The molecule has 6 heteroatoms. The molecule has 0 heterocycles. The SMILES string of the molecule is C=CC(=O)OC(C)COc1ccc(C)c(OCC(C)OC(=O)C=C)c1.CC1C2CCCC1C2. The average Bonchev–Trinajstić information content (AvgIpc) is 2.82. The minimum absolute atomic E-state index is 0.204. The zero-order valence-corrected chi connectivity index (χ0v) is 20.4. The highest BCUT2D eigenvalue weighted by Gasteiger charge is 2.39. The van der Waals surface area contributed by atoms with Crippen LogP contribution in [0.4, 0.5) is 0 Å². The van der Waals surface area contributed by atoms with Gasteiger partial charge in [0.1, 0.15) is 36.9 Å². The van der Waals surface area contributed by atoms with E-state index in [-0.39, 0.29) is 13.2 Å². The normalized spacial score (nSPS) is 22.2. The third-order valence-electron chi connectivity index (χ3n) is 6.33. The maximum absolute atomic E-state index is 11.1. The van der Waals surface area contributed by atoms with E-state index >= 15 is 0 Å². The molecule has 0 aromatic heterocycles. The molecule has 4 unspecified atom stereocenters. The van der Waals surface area contributed by atoms with Gasteiger partial charge < -0.3 is 18.9 Å². The van der Waals surface area contributed by atoms with Gasteiger partial charge in [-0.1, -0.05) is 45.4 Å². The van der Waals surface area contributed by atoms with Crippen LogP contribution in [0.5, 0.6) is 11.5 Å². The zero-order valence-electron chi connectivity index (χ0n) is 20.4. The summed E-state index contributed by atoms with van der Waals surface area (Å²) in [5.41, 5.74) is 0.917. The fraction of sp³-hybridized carbons (Fsp3) is 0.556. The fourth-order valence-electron chi connectivity index (χ4n) is 4.22. The van der Waals surface area contributed by atoms with Gasteiger partial charge in [-0.05, 0) is 56.6 Å². The van der Waals surface area contributed by atoms with Gasteiger partial charge >= 0.3 is 11.9 Å². The molecule has 0 radical (unpaired) electrons. The van der Waals surface area contributed by atoms with Gasteiger partial charge in [0.05, 0.1) is 0 Å². The molecule has 3 aliphatic carbocycles. The van der Waals surface area contributed by atoms with E-state index in [4.69, 9.17) is 18.9 Å². The molecule has 1 aromatic rings. The van der Waals surface area contributed by atoms with Crippen LogP contribution >= 0.6 is 0 Å². The summed E-state index contributed by atoms with van der Waals surface area (Å²) in [5, 5.41) is 0. The summed E-state index contributed by atoms with van der Waals surface area (Å²) in [5.74, 6) is 3.61. The Morgan fingerprint density at radius 2 is 1.55 bits per heavy atom. The molecule has 0 N–H and O–H groups in total. The van der Waals surface area contributed by atoms with E-state index in [2.05, 4.69) is 20.1 Å². The van der Waals surface area contributed by atoms with Crippen LogP contribution in [0, 0.1) is 24.7 Å². The largest absolute Gasteiger partial charge is 0.490 e. The van der Waals surface area contributed by atoms with Crippen molar-refractivity contribution < 1.29 is 28.5 Å². The van der Waals surface area contributed by atoms with Gasteiger partial charge in [-0.2, -0.15) is 0 Å². The average molecular weight is 459 g/mol. The molecule has 0 saturated heterocycles. The first kappa shape index (κ1) is 26.5. The van der Waals surface area contributed by atoms with Gasteiger partial charge in [0.2, 0.25) is 0 Å². The van der Waals surface area contributed by atoms with Gasteiger partial charge in [-0.15, -0.1) is 0 Å². The van der Waals surface area contributed by atoms with Gasteiger partial charge in [0.15, 0.2) is 0 Å². The van der Waals surface area contributed by atoms with Gasteiger partial charge in [-0.3, -0.25) is 0 Å². The summed E-state index contributed by atoms with van der Waals surface area (Å²) < 4.78 is 21.4. The Kier molecular flexibility index (Phi) is 10.5. The van der Waals surface area contributed by atoms with Crippen molar-refractivity contribution in [2.24, 2.45) is 17.8 Å². The second kappa shape index (κ2) is 13.1. The Morgan fingerprint density at radius 3 is 2.00 bits per heavy atom. The minimum Gasteiger partial charge on any atom is -0.490 e. The van der Waals surface area contributed by atoms with Crippen LogP contribution < -0.4 is 9.47 Å². The van der Waals surface area contributed by atoms with Gasteiger partial charge in [0, 0.05) is 18.2 Å². The van der Waals surface area contributed by atoms with Gasteiger partial charge in [0.25, 0.3) is 0 Å². The Balaban J connectivity index is 0.000000395. The predicted molar refractivity (Wildman–Crippen MR) is 128 cm³/mol. The molecule has 0 spiro atoms. The lowest BCUT2D eigenvalue weighted by Gasteiger charge is -2.47. The van der Waals surface area contributed by atoms with Crippen LogP contribution in [0.2, 0.25) is 0 Å². The monoisotopic (exact) mass is 458 g/mol. The van der Waals surface area contributed by atoms with E-state index in [9.17, 15) is 9.59 Å². The molecule has 1 aromatic carbocycles. The van der Waals surface area contributed by atoms with Crippen LogP contribution in [0.15, 0.2) is 43.5 Å². The van der Waals surface area contributed by atoms with Crippen LogP contribution in [0.3, 0.4) is 0 Å². The van der Waals surface area contributed by atoms with Crippen LogP contribution in [0.25, 0.3) is 0 Å². The van der Waals surface area contributed by atoms with Crippen molar-refractivity contribution in [2.45, 2.75) is 65.6 Å². The van der Waals surface area contributed by atoms with E-state index in [0.717, 1.165) is 35.5 Å². The molecule has 2 bridgehead atoms. The van der Waals surface area contributed by atoms with Crippen molar-refractivity contribution in [3.05, 3.63) is 49.1 Å². The molecule has 0 aliphatic heterocycles. The molecule has 0 amide bonds. The van der Waals surface area contributed by atoms with Crippen LogP contribution in [-0.2, 0) is 19.1 Å². The first-order valence-corrected chi connectivity index (χ1v) is 11.8. The number of hydrogen-bond acceptors (Lipinski definition) is 6. The van der Waals surface area contributed by atoms with Crippen LogP contribution in [0.1, 0.15) is 52.0 Å².